The number of benzene rings is 1. The molecule has 0 aliphatic carbocycles. The van der Waals surface area contributed by atoms with Crippen LogP contribution in [0.25, 0.3) is 0 Å². The molecule has 0 atom stereocenters. The van der Waals surface area contributed by atoms with Gasteiger partial charge in [0.25, 0.3) is 5.56 Å². The highest BCUT2D eigenvalue weighted by atomic mass is 16.4. The van der Waals surface area contributed by atoms with Crippen molar-refractivity contribution in [3.63, 3.8) is 0 Å². The Hall–Kier alpha value is -2.56. The number of pyridine rings is 1. The number of hydrogen-bond acceptors (Lipinski definition) is 3. The summed E-state index contributed by atoms with van der Waals surface area (Å²) in [5, 5.41) is 18.3. The van der Waals surface area contributed by atoms with E-state index in [2.05, 4.69) is 0 Å². The monoisotopic (exact) mass is 259 g/mol. The number of aryl methyl sites for hydroxylation is 1. The molecule has 0 radical (unpaired) electrons. The zero-order valence-corrected chi connectivity index (χ0v) is 10.3. The Morgan fingerprint density at radius 2 is 2.00 bits per heavy atom. The molecular weight excluding hydrogens is 246 g/mol. The maximum absolute atomic E-state index is 12.0. The van der Waals surface area contributed by atoms with Crippen LogP contribution >= 0.6 is 0 Å². The van der Waals surface area contributed by atoms with Crippen LogP contribution in [0.3, 0.4) is 0 Å². The largest absolute Gasteiger partial charge is 0.508 e. The van der Waals surface area contributed by atoms with Crippen molar-refractivity contribution in [1.82, 2.24) is 4.57 Å². The van der Waals surface area contributed by atoms with E-state index in [1.807, 2.05) is 0 Å². The lowest BCUT2D eigenvalue weighted by molar-refractivity contribution is 0.0694. The number of carbonyl (C=O) groups is 1. The lowest BCUT2D eigenvalue weighted by Crippen LogP contribution is -2.28. The van der Waals surface area contributed by atoms with Gasteiger partial charge in [-0.05, 0) is 36.8 Å². The van der Waals surface area contributed by atoms with E-state index in [1.165, 1.54) is 16.7 Å². The van der Waals surface area contributed by atoms with Crippen LogP contribution in [0.2, 0.25) is 0 Å². The highest BCUT2D eigenvalue weighted by Gasteiger charge is 2.12. The van der Waals surface area contributed by atoms with Crippen LogP contribution in [0, 0.1) is 6.92 Å². The summed E-state index contributed by atoms with van der Waals surface area (Å²) in [5.74, 6) is -1.13. The van der Waals surface area contributed by atoms with Gasteiger partial charge in [0.15, 0.2) is 0 Å². The minimum atomic E-state index is -1.24. The lowest BCUT2D eigenvalue weighted by atomic mass is 10.2. The van der Waals surface area contributed by atoms with E-state index in [0.29, 0.717) is 5.69 Å². The molecule has 0 saturated heterocycles. The highest BCUT2D eigenvalue weighted by Crippen LogP contribution is 2.12. The second-order valence-corrected chi connectivity index (χ2v) is 4.25. The summed E-state index contributed by atoms with van der Waals surface area (Å²) < 4.78 is 1.37. The van der Waals surface area contributed by atoms with Crippen LogP contribution in [0.4, 0.5) is 0 Å². The maximum atomic E-state index is 12.0. The molecule has 2 aromatic rings. The summed E-state index contributed by atoms with van der Waals surface area (Å²) in [6.07, 6.45) is 0. The van der Waals surface area contributed by atoms with Crippen molar-refractivity contribution in [1.29, 1.82) is 0 Å². The molecule has 1 aromatic carbocycles. The Bertz CT molecular complexity index is 688. The van der Waals surface area contributed by atoms with E-state index in [-0.39, 0.29) is 17.9 Å². The molecule has 0 aliphatic heterocycles. The first-order valence-electron chi connectivity index (χ1n) is 5.70. The lowest BCUT2D eigenvalue weighted by Gasteiger charge is -2.11. The fourth-order valence-electron chi connectivity index (χ4n) is 1.87. The summed E-state index contributed by atoms with van der Waals surface area (Å²) in [6, 6.07) is 9.41. The van der Waals surface area contributed by atoms with Gasteiger partial charge < -0.3 is 14.8 Å². The molecule has 0 amide bonds. The van der Waals surface area contributed by atoms with Gasteiger partial charge in [0.2, 0.25) is 0 Å². The van der Waals surface area contributed by atoms with Gasteiger partial charge in [-0.2, -0.15) is 0 Å². The summed E-state index contributed by atoms with van der Waals surface area (Å²) in [7, 11) is 0. The molecule has 2 rings (SSSR count). The molecule has 1 aromatic heterocycles. The number of aromatic hydroxyl groups is 1. The Morgan fingerprint density at radius 3 is 2.63 bits per heavy atom. The Kier molecular flexibility index (Phi) is 3.37. The number of carboxylic acids is 1. The summed E-state index contributed by atoms with van der Waals surface area (Å²) in [4.78, 5) is 23.0. The predicted octanol–water partition coefficient (Wildman–Crippen LogP) is 1.61. The van der Waals surface area contributed by atoms with Crippen LogP contribution in [0.1, 0.15) is 21.6 Å². The minimum Gasteiger partial charge on any atom is -0.508 e. The molecular formula is C14H13NO4. The van der Waals surface area contributed by atoms with Crippen LogP contribution < -0.4 is 5.56 Å². The number of carboxylic acid groups (broad SMARTS) is 1. The number of aromatic carboxylic acids is 1. The van der Waals surface area contributed by atoms with Crippen molar-refractivity contribution in [2.24, 2.45) is 0 Å². The average molecular weight is 259 g/mol. The summed E-state index contributed by atoms with van der Waals surface area (Å²) in [6.45, 7) is 1.95. The third-order valence-electron chi connectivity index (χ3n) is 2.87. The normalized spacial score (nSPS) is 10.4. The average Bonchev–Trinajstić information content (AvgIpc) is 2.34. The number of rotatable bonds is 3. The number of aromatic nitrogens is 1. The van der Waals surface area contributed by atoms with Crippen LogP contribution in [0.5, 0.6) is 5.75 Å². The second kappa shape index (κ2) is 4.97. The van der Waals surface area contributed by atoms with Gasteiger partial charge in [0.1, 0.15) is 11.3 Å². The molecule has 19 heavy (non-hydrogen) atoms. The van der Waals surface area contributed by atoms with Crippen molar-refractivity contribution in [2.75, 3.05) is 0 Å². The van der Waals surface area contributed by atoms with E-state index in [4.69, 9.17) is 5.11 Å². The summed E-state index contributed by atoms with van der Waals surface area (Å²) >= 11 is 0. The Labute approximate surface area is 109 Å². The van der Waals surface area contributed by atoms with E-state index >= 15 is 0 Å². The number of hydrogen-bond donors (Lipinski definition) is 2. The van der Waals surface area contributed by atoms with Crippen molar-refractivity contribution >= 4 is 5.97 Å². The first-order valence-corrected chi connectivity index (χ1v) is 5.70. The fraction of sp³-hybridized carbons (Fsp3) is 0.143. The SMILES string of the molecule is Cc1ccc(C(=O)O)c(=O)n1Cc1cccc(O)c1. The zero-order chi connectivity index (χ0) is 14.0. The highest BCUT2D eigenvalue weighted by molar-refractivity contribution is 5.87. The molecule has 5 nitrogen and oxygen atoms in total. The first kappa shape index (κ1) is 12.9. The van der Waals surface area contributed by atoms with Crippen LogP contribution in [0.15, 0.2) is 41.2 Å². The Balaban J connectivity index is 2.48. The third-order valence-corrected chi connectivity index (χ3v) is 2.87. The van der Waals surface area contributed by atoms with Gasteiger partial charge in [0.05, 0.1) is 6.54 Å². The number of phenolic OH excluding ortho intramolecular Hbond substituents is 1. The zero-order valence-electron chi connectivity index (χ0n) is 10.3. The van der Waals surface area contributed by atoms with Gasteiger partial charge in [-0.15, -0.1) is 0 Å². The second-order valence-electron chi connectivity index (χ2n) is 4.25. The first-order chi connectivity index (χ1) is 8.99. The van der Waals surface area contributed by atoms with Gasteiger partial charge in [0, 0.05) is 5.69 Å². The van der Waals surface area contributed by atoms with Crippen molar-refractivity contribution < 1.29 is 15.0 Å². The smallest absolute Gasteiger partial charge is 0.341 e. The van der Waals surface area contributed by atoms with Gasteiger partial charge >= 0.3 is 5.97 Å². The number of phenols is 1. The fourth-order valence-corrected chi connectivity index (χ4v) is 1.87. The molecule has 0 aliphatic rings. The Morgan fingerprint density at radius 1 is 1.26 bits per heavy atom. The topological polar surface area (TPSA) is 79.5 Å². The molecule has 98 valence electrons. The molecule has 0 spiro atoms. The molecule has 0 fully saturated rings. The summed E-state index contributed by atoms with van der Waals surface area (Å²) in [5.41, 5.74) is 0.590. The molecule has 0 unspecified atom stereocenters. The van der Waals surface area contributed by atoms with E-state index in [0.717, 1.165) is 5.56 Å². The molecule has 5 heteroatoms. The van der Waals surface area contributed by atoms with Crippen molar-refractivity contribution in [3.05, 3.63) is 63.6 Å². The van der Waals surface area contributed by atoms with E-state index in [1.54, 1.807) is 31.2 Å². The third kappa shape index (κ3) is 2.65. The number of nitrogens with zero attached hydrogens (tertiary/aromatic N) is 1. The molecule has 2 N–H and O–H groups in total. The standard InChI is InChI=1S/C14H13NO4/c1-9-5-6-12(14(18)19)13(17)15(9)8-10-3-2-4-11(16)7-10/h2-7,16H,8H2,1H3,(H,18,19). The maximum Gasteiger partial charge on any atom is 0.341 e. The quantitative estimate of drug-likeness (QED) is 0.877. The molecule has 0 saturated carbocycles. The molecule has 1 heterocycles. The van der Waals surface area contributed by atoms with Crippen LogP contribution in [-0.4, -0.2) is 20.7 Å². The van der Waals surface area contributed by atoms with Crippen molar-refractivity contribution in [3.8, 4) is 5.75 Å². The van der Waals surface area contributed by atoms with E-state index in [9.17, 15) is 14.7 Å². The van der Waals surface area contributed by atoms with Gasteiger partial charge in [-0.25, -0.2) is 4.79 Å². The molecule has 0 bridgehead atoms. The van der Waals surface area contributed by atoms with Crippen LogP contribution in [-0.2, 0) is 6.54 Å². The van der Waals surface area contributed by atoms with E-state index < -0.39 is 11.5 Å². The predicted molar refractivity (Wildman–Crippen MR) is 69.6 cm³/mol. The van der Waals surface area contributed by atoms with Crippen molar-refractivity contribution in [2.45, 2.75) is 13.5 Å². The minimum absolute atomic E-state index is 0.109. The van der Waals surface area contributed by atoms with Gasteiger partial charge in [-0.3, -0.25) is 4.79 Å². The van der Waals surface area contributed by atoms with Gasteiger partial charge in [-0.1, -0.05) is 12.1 Å².